The molecule has 0 spiro atoms. The van der Waals surface area contributed by atoms with Gasteiger partial charge in [-0.1, -0.05) is 11.2 Å². The van der Waals surface area contributed by atoms with Crippen LogP contribution in [0.4, 0.5) is 5.69 Å². The minimum absolute atomic E-state index is 0.116. The molecule has 3 aromatic rings. The number of nitrogens with two attached hydrogens (primary N) is 1. The Hall–Kier alpha value is -1.61. The lowest BCUT2D eigenvalue weighted by molar-refractivity contribution is 0.518. The Morgan fingerprint density at radius 1 is 1.50 bits per heavy atom. The zero-order valence-corrected chi connectivity index (χ0v) is 15.2. The van der Waals surface area contributed by atoms with Crippen molar-refractivity contribution in [3.8, 4) is 0 Å². The van der Waals surface area contributed by atoms with Gasteiger partial charge in [0.2, 0.25) is 0 Å². The van der Waals surface area contributed by atoms with Crippen molar-refractivity contribution in [2.45, 2.75) is 25.9 Å². The van der Waals surface area contributed by atoms with Crippen LogP contribution in [0.5, 0.6) is 0 Å². The van der Waals surface area contributed by atoms with Crippen LogP contribution in [0.2, 0.25) is 0 Å². The Morgan fingerprint density at radius 2 is 2.33 bits per heavy atom. The monoisotopic (exact) mass is 364 g/mol. The van der Waals surface area contributed by atoms with E-state index >= 15 is 0 Å². The van der Waals surface area contributed by atoms with Crippen molar-refractivity contribution in [2.75, 3.05) is 17.3 Å². The summed E-state index contributed by atoms with van der Waals surface area (Å²) in [5, 5.41) is 11.7. The van der Waals surface area contributed by atoms with E-state index in [1.807, 2.05) is 19.1 Å². The maximum absolute atomic E-state index is 11.3. The molecule has 8 heteroatoms. The lowest BCUT2D eigenvalue weighted by atomic mass is 10.1. The SMILES string of the molecule is Cc1c(C[C@@H](N)C[S+](C)[O-])sc2c(NCc3ccco3)cnnc12. The van der Waals surface area contributed by atoms with Gasteiger partial charge in [-0.3, -0.25) is 0 Å². The van der Waals surface area contributed by atoms with Crippen LogP contribution in [0, 0.1) is 6.92 Å². The van der Waals surface area contributed by atoms with Crippen LogP contribution >= 0.6 is 11.3 Å². The van der Waals surface area contributed by atoms with E-state index < -0.39 is 11.2 Å². The van der Waals surface area contributed by atoms with Crippen molar-refractivity contribution < 1.29 is 8.97 Å². The Balaban J connectivity index is 1.82. The molecular formula is C16H20N4O2S2. The molecule has 3 rings (SSSR count). The first-order valence-electron chi connectivity index (χ1n) is 7.60. The Morgan fingerprint density at radius 3 is 3.04 bits per heavy atom. The van der Waals surface area contributed by atoms with E-state index in [0.29, 0.717) is 18.7 Å². The van der Waals surface area contributed by atoms with Gasteiger partial charge in [0.1, 0.15) is 17.0 Å². The third kappa shape index (κ3) is 3.89. The Bertz CT molecular complexity index is 802. The molecule has 0 fully saturated rings. The largest absolute Gasteiger partial charge is 0.617 e. The van der Waals surface area contributed by atoms with E-state index in [1.54, 1.807) is 30.1 Å². The minimum atomic E-state index is -0.889. The maximum Gasteiger partial charge on any atom is 0.122 e. The summed E-state index contributed by atoms with van der Waals surface area (Å²) in [7, 11) is 0. The number of thiophene rings is 1. The number of nitrogens with one attached hydrogen (secondary N) is 1. The highest BCUT2D eigenvalue weighted by Gasteiger charge is 2.17. The second kappa shape index (κ2) is 7.52. The van der Waals surface area contributed by atoms with Gasteiger partial charge in [0.05, 0.1) is 41.7 Å². The van der Waals surface area contributed by atoms with Crippen LogP contribution < -0.4 is 11.1 Å². The van der Waals surface area contributed by atoms with Gasteiger partial charge < -0.3 is 20.0 Å². The summed E-state index contributed by atoms with van der Waals surface area (Å²) < 4.78 is 17.8. The number of aromatic nitrogens is 2. The average molecular weight is 364 g/mol. The standard InChI is InChI=1S/C16H20N4O2S2/c1-10-14(6-11(17)9-24(2)21)23-16-13(8-19-20-15(10)16)18-7-12-4-3-5-22-12/h3-5,8,11H,6-7,9,17H2,1-2H3,(H,18,20)/t11-,24?/m1/s1. The molecule has 0 aromatic carbocycles. The number of hydrogen-bond donors (Lipinski definition) is 2. The third-order valence-electron chi connectivity index (χ3n) is 3.73. The molecule has 24 heavy (non-hydrogen) atoms. The summed E-state index contributed by atoms with van der Waals surface area (Å²) in [6.45, 7) is 2.63. The van der Waals surface area contributed by atoms with Crippen molar-refractivity contribution in [3.05, 3.63) is 40.8 Å². The smallest absolute Gasteiger partial charge is 0.122 e. The van der Waals surface area contributed by atoms with Crippen molar-refractivity contribution in [2.24, 2.45) is 5.73 Å². The molecule has 3 aromatic heterocycles. The topological polar surface area (TPSA) is 100 Å². The highest BCUT2D eigenvalue weighted by molar-refractivity contribution is 7.90. The molecule has 0 saturated carbocycles. The summed E-state index contributed by atoms with van der Waals surface area (Å²) in [6.07, 6.45) is 5.76. The van der Waals surface area contributed by atoms with Crippen molar-refractivity contribution in [3.63, 3.8) is 0 Å². The highest BCUT2D eigenvalue weighted by atomic mass is 32.2. The second-order valence-corrected chi connectivity index (χ2v) is 8.31. The van der Waals surface area contributed by atoms with Gasteiger partial charge in [0.25, 0.3) is 0 Å². The molecule has 0 radical (unpaired) electrons. The average Bonchev–Trinajstić information content (AvgIpc) is 3.14. The third-order valence-corrected chi connectivity index (χ3v) is 5.97. The zero-order valence-electron chi connectivity index (χ0n) is 13.6. The molecule has 3 N–H and O–H groups in total. The van der Waals surface area contributed by atoms with E-state index in [2.05, 4.69) is 15.5 Å². The lowest BCUT2D eigenvalue weighted by Crippen LogP contribution is -2.31. The molecule has 0 aliphatic carbocycles. The summed E-state index contributed by atoms with van der Waals surface area (Å²) in [5.41, 5.74) is 9.03. The Kier molecular flexibility index (Phi) is 5.40. The van der Waals surface area contributed by atoms with Crippen molar-refractivity contribution in [1.82, 2.24) is 10.2 Å². The highest BCUT2D eigenvalue weighted by Crippen LogP contribution is 2.34. The maximum atomic E-state index is 11.3. The molecule has 2 atom stereocenters. The summed E-state index contributed by atoms with van der Waals surface area (Å²) in [4.78, 5) is 1.17. The molecule has 1 unspecified atom stereocenters. The molecule has 0 amide bonds. The van der Waals surface area contributed by atoms with Gasteiger partial charge in [-0.15, -0.1) is 16.4 Å². The fourth-order valence-electron chi connectivity index (χ4n) is 2.57. The first kappa shape index (κ1) is 17.2. The predicted molar refractivity (Wildman–Crippen MR) is 98.8 cm³/mol. The number of hydrogen-bond acceptors (Lipinski definition) is 7. The quantitative estimate of drug-likeness (QED) is 0.625. The second-order valence-electron chi connectivity index (χ2n) is 5.72. The first-order chi connectivity index (χ1) is 11.5. The fourth-order valence-corrected chi connectivity index (χ4v) is 4.61. The molecular weight excluding hydrogens is 344 g/mol. The molecule has 128 valence electrons. The van der Waals surface area contributed by atoms with Gasteiger partial charge >= 0.3 is 0 Å². The van der Waals surface area contributed by atoms with Crippen molar-refractivity contribution >= 4 is 38.4 Å². The van der Waals surface area contributed by atoms with Crippen LogP contribution in [-0.4, -0.2) is 32.8 Å². The van der Waals surface area contributed by atoms with Crippen LogP contribution in [0.15, 0.2) is 29.0 Å². The molecule has 0 bridgehead atoms. The number of anilines is 1. The normalized spacial score (nSPS) is 14.0. The number of rotatable bonds is 7. The van der Waals surface area contributed by atoms with E-state index in [-0.39, 0.29) is 6.04 Å². The lowest BCUT2D eigenvalue weighted by Gasteiger charge is -2.11. The molecule has 0 saturated heterocycles. The van der Waals surface area contributed by atoms with E-state index in [1.165, 1.54) is 4.88 Å². The van der Waals surface area contributed by atoms with E-state index in [4.69, 9.17) is 10.2 Å². The number of fused-ring (bicyclic) bond motifs is 1. The molecule has 0 aliphatic rings. The molecule has 3 heterocycles. The number of furan rings is 1. The van der Waals surface area contributed by atoms with Crippen LogP contribution in [-0.2, 0) is 24.1 Å². The minimum Gasteiger partial charge on any atom is -0.617 e. The molecule has 6 nitrogen and oxygen atoms in total. The van der Waals surface area contributed by atoms with Gasteiger partial charge in [-0.2, -0.15) is 5.10 Å². The van der Waals surface area contributed by atoms with Gasteiger partial charge in [0, 0.05) is 11.3 Å². The summed E-state index contributed by atoms with van der Waals surface area (Å²) in [5.74, 6) is 1.36. The fraction of sp³-hybridized carbons (Fsp3) is 0.375. The van der Waals surface area contributed by atoms with E-state index in [0.717, 1.165) is 27.2 Å². The number of aryl methyl sites for hydroxylation is 1. The van der Waals surface area contributed by atoms with Crippen LogP contribution in [0.3, 0.4) is 0 Å². The summed E-state index contributed by atoms with van der Waals surface area (Å²) >= 11 is 0.779. The summed E-state index contributed by atoms with van der Waals surface area (Å²) in [6, 6.07) is 3.67. The molecule has 0 aliphatic heterocycles. The van der Waals surface area contributed by atoms with Gasteiger partial charge in [-0.05, 0) is 24.6 Å². The predicted octanol–water partition coefficient (Wildman–Crippen LogP) is 2.45. The first-order valence-corrected chi connectivity index (χ1v) is 10.1. The number of nitrogens with zero attached hydrogens (tertiary/aromatic N) is 2. The Labute approximate surface area is 147 Å². The van der Waals surface area contributed by atoms with Crippen molar-refractivity contribution in [1.29, 1.82) is 0 Å². The van der Waals surface area contributed by atoms with Gasteiger partial charge in [0.15, 0.2) is 0 Å². The van der Waals surface area contributed by atoms with Crippen LogP contribution in [0.1, 0.15) is 16.2 Å². The van der Waals surface area contributed by atoms with E-state index in [9.17, 15) is 4.55 Å². The van der Waals surface area contributed by atoms with Gasteiger partial charge in [-0.25, -0.2) is 0 Å². The zero-order chi connectivity index (χ0) is 17.1. The van der Waals surface area contributed by atoms with Crippen LogP contribution in [0.25, 0.3) is 10.2 Å².